The zero-order valence-electron chi connectivity index (χ0n) is 10.2. The lowest BCUT2D eigenvalue weighted by Gasteiger charge is -2.08. The maximum atomic E-state index is 12.0. The molecule has 0 bridgehead atoms. The molecular formula is C11H14ClNO4S2. The number of hydrogen-bond acceptors (Lipinski definition) is 4. The molecule has 0 aliphatic carbocycles. The molecule has 0 saturated carbocycles. The minimum absolute atomic E-state index is 0.00219. The average Bonchev–Trinajstić information content (AvgIpc) is 2.34. The Balaban J connectivity index is 2.94. The van der Waals surface area contributed by atoms with E-state index in [-0.39, 0.29) is 22.0 Å². The van der Waals surface area contributed by atoms with Crippen LogP contribution in [0.5, 0.6) is 0 Å². The van der Waals surface area contributed by atoms with Gasteiger partial charge in [-0.3, -0.25) is 0 Å². The maximum Gasteiger partial charge on any atom is 0.335 e. The highest BCUT2D eigenvalue weighted by Crippen LogP contribution is 2.22. The van der Waals surface area contributed by atoms with Crippen LogP contribution in [0.1, 0.15) is 16.8 Å². The molecule has 0 amide bonds. The Morgan fingerprint density at radius 3 is 2.74 bits per heavy atom. The normalized spacial score (nSPS) is 11.5. The molecule has 1 aromatic rings. The number of thioether (sulfide) groups is 1. The second-order valence-electron chi connectivity index (χ2n) is 3.69. The fourth-order valence-corrected chi connectivity index (χ4v) is 3.37. The number of hydrogen-bond donors (Lipinski definition) is 2. The van der Waals surface area contributed by atoms with E-state index in [9.17, 15) is 13.2 Å². The molecule has 0 spiro atoms. The van der Waals surface area contributed by atoms with Crippen molar-refractivity contribution in [3.05, 3.63) is 28.8 Å². The second kappa shape index (κ2) is 7.14. The van der Waals surface area contributed by atoms with E-state index in [1.165, 1.54) is 12.1 Å². The molecule has 0 heterocycles. The van der Waals surface area contributed by atoms with Gasteiger partial charge in [-0.05, 0) is 36.6 Å². The summed E-state index contributed by atoms with van der Waals surface area (Å²) in [5, 5.41) is 8.85. The Kier molecular flexibility index (Phi) is 6.12. The summed E-state index contributed by atoms with van der Waals surface area (Å²) < 4.78 is 26.4. The highest BCUT2D eigenvalue weighted by Gasteiger charge is 2.19. The molecular weight excluding hydrogens is 310 g/mol. The summed E-state index contributed by atoms with van der Waals surface area (Å²) in [7, 11) is -3.78. The third-order valence-electron chi connectivity index (χ3n) is 2.28. The number of carbonyl (C=O) groups is 1. The summed E-state index contributed by atoms with van der Waals surface area (Å²) in [6, 6.07) is 3.58. The standard InChI is InChI=1S/C11H14ClNO4S2/c1-18-6-2-5-13-19(16,17)10-7-8(11(14)15)3-4-9(10)12/h3-4,7,13H,2,5-6H2,1H3,(H,14,15). The van der Waals surface area contributed by atoms with E-state index < -0.39 is 16.0 Å². The van der Waals surface area contributed by atoms with Crippen LogP contribution < -0.4 is 4.72 Å². The van der Waals surface area contributed by atoms with Crippen LogP contribution in [0.4, 0.5) is 0 Å². The monoisotopic (exact) mass is 323 g/mol. The first-order valence-corrected chi connectivity index (χ1v) is 8.65. The molecule has 0 fully saturated rings. The molecule has 2 N–H and O–H groups in total. The quantitative estimate of drug-likeness (QED) is 0.750. The lowest BCUT2D eigenvalue weighted by Crippen LogP contribution is -2.25. The van der Waals surface area contributed by atoms with Crippen LogP contribution in [0.25, 0.3) is 0 Å². The van der Waals surface area contributed by atoms with Gasteiger partial charge in [-0.1, -0.05) is 11.6 Å². The molecule has 0 aliphatic heterocycles. The van der Waals surface area contributed by atoms with E-state index in [1.807, 2.05) is 6.26 Å². The van der Waals surface area contributed by atoms with E-state index in [0.717, 1.165) is 11.8 Å². The number of carboxylic acids is 1. The summed E-state index contributed by atoms with van der Waals surface area (Å²) in [6.07, 6.45) is 2.62. The van der Waals surface area contributed by atoms with Crippen molar-refractivity contribution in [2.45, 2.75) is 11.3 Å². The van der Waals surface area contributed by atoms with Gasteiger partial charge in [0.25, 0.3) is 0 Å². The Labute approximate surface area is 121 Å². The van der Waals surface area contributed by atoms with Crippen LogP contribution in [-0.4, -0.2) is 38.0 Å². The van der Waals surface area contributed by atoms with Crippen LogP contribution in [0.2, 0.25) is 5.02 Å². The zero-order chi connectivity index (χ0) is 14.5. The topological polar surface area (TPSA) is 83.5 Å². The average molecular weight is 324 g/mol. The first-order chi connectivity index (χ1) is 8.88. The van der Waals surface area contributed by atoms with Gasteiger partial charge in [0.1, 0.15) is 4.90 Å². The predicted molar refractivity (Wildman–Crippen MR) is 76.6 cm³/mol. The molecule has 0 saturated heterocycles. The van der Waals surface area contributed by atoms with Gasteiger partial charge in [-0.15, -0.1) is 0 Å². The molecule has 0 aromatic heterocycles. The van der Waals surface area contributed by atoms with Crippen LogP contribution in [0.15, 0.2) is 23.1 Å². The number of carboxylic acid groups (broad SMARTS) is 1. The lowest BCUT2D eigenvalue weighted by molar-refractivity contribution is 0.0696. The zero-order valence-corrected chi connectivity index (χ0v) is 12.6. The highest BCUT2D eigenvalue weighted by atomic mass is 35.5. The Morgan fingerprint density at radius 1 is 1.47 bits per heavy atom. The number of rotatable bonds is 7. The van der Waals surface area contributed by atoms with Gasteiger partial charge in [0.15, 0.2) is 0 Å². The minimum atomic E-state index is -3.78. The van der Waals surface area contributed by atoms with Crippen molar-refractivity contribution in [1.29, 1.82) is 0 Å². The van der Waals surface area contributed by atoms with Gasteiger partial charge in [0, 0.05) is 6.54 Å². The number of sulfonamides is 1. The Bertz CT molecular complexity index is 560. The van der Waals surface area contributed by atoms with Crippen molar-refractivity contribution < 1.29 is 18.3 Å². The minimum Gasteiger partial charge on any atom is -0.478 e. The Hall–Kier alpha value is -0.760. The molecule has 0 atom stereocenters. The summed E-state index contributed by atoms with van der Waals surface area (Å²) in [4.78, 5) is 10.6. The van der Waals surface area contributed by atoms with E-state index in [4.69, 9.17) is 16.7 Å². The molecule has 19 heavy (non-hydrogen) atoms. The molecule has 1 rings (SSSR count). The van der Waals surface area contributed by atoms with Gasteiger partial charge >= 0.3 is 5.97 Å². The first kappa shape index (κ1) is 16.3. The van der Waals surface area contributed by atoms with Crippen molar-refractivity contribution >= 4 is 39.4 Å². The van der Waals surface area contributed by atoms with Crippen molar-refractivity contribution in [3.8, 4) is 0 Å². The van der Waals surface area contributed by atoms with Crippen LogP contribution >= 0.6 is 23.4 Å². The molecule has 0 aliphatic rings. The van der Waals surface area contributed by atoms with Crippen molar-refractivity contribution in [2.24, 2.45) is 0 Å². The number of aromatic carboxylic acids is 1. The smallest absolute Gasteiger partial charge is 0.335 e. The van der Waals surface area contributed by atoms with Gasteiger partial charge in [0.2, 0.25) is 10.0 Å². The van der Waals surface area contributed by atoms with E-state index in [2.05, 4.69) is 4.72 Å². The van der Waals surface area contributed by atoms with Gasteiger partial charge in [0.05, 0.1) is 10.6 Å². The highest BCUT2D eigenvalue weighted by molar-refractivity contribution is 7.98. The maximum absolute atomic E-state index is 12.0. The molecule has 1 aromatic carbocycles. The van der Waals surface area contributed by atoms with E-state index in [1.54, 1.807) is 11.8 Å². The second-order valence-corrected chi connectivity index (χ2v) is 6.82. The largest absolute Gasteiger partial charge is 0.478 e. The molecule has 8 heteroatoms. The van der Waals surface area contributed by atoms with E-state index >= 15 is 0 Å². The third kappa shape index (κ3) is 4.68. The van der Waals surface area contributed by atoms with Crippen molar-refractivity contribution in [3.63, 3.8) is 0 Å². The van der Waals surface area contributed by atoms with Gasteiger partial charge in [-0.25, -0.2) is 17.9 Å². The van der Waals surface area contributed by atoms with Crippen molar-refractivity contribution in [1.82, 2.24) is 4.72 Å². The predicted octanol–water partition coefficient (Wildman–Crippen LogP) is 2.07. The summed E-state index contributed by atoms with van der Waals surface area (Å²) >= 11 is 7.43. The third-order valence-corrected chi connectivity index (χ3v) is 4.92. The molecule has 106 valence electrons. The van der Waals surface area contributed by atoms with Gasteiger partial charge < -0.3 is 5.11 Å². The summed E-state index contributed by atoms with van der Waals surface area (Å²) in [5.41, 5.74) is -0.117. The van der Waals surface area contributed by atoms with E-state index in [0.29, 0.717) is 6.42 Å². The Morgan fingerprint density at radius 2 is 2.16 bits per heavy atom. The molecule has 0 unspecified atom stereocenters. The van der Waals surface area contributed by atoms with Crippen LogP contribution in [0, 0.1) is 0 Å². The van der Waals surface area contributed by atoms with Gasteiger partial charge in [-0.2, -0.15) is 11.8 Å². The lowest BCUT2D eigenvalue weighted by atomic mass is 10.2. The van der Waals surface area contributed by atoms with Crippen molar-refractivity contribution in [2.75, 3.05) is 18.6 Å². The first-order valence-electron chi connectivity index (χ1n) is 5.40. The summed E-state index contributed by atoms with van der Waals surface area (Å²) in [6.45, 7) is 0.288. The SMILES string of the molecule is CSCCCNS(=O)(=O)c1cc(C(=O)O)ccc1Cl. The number of halogens is 1. The number of benzene rings is 1. The summed E-state index contributed by atoms with van der Waals surface area (Å²) in [5.74, 6) is -0.360. The van der Waals surface area contributed by atoms with Crippen LogP contribution in [0.3, 0.4) is 0 Å². The fourth-order valence-electron chi connectivity index (χ4n) is 1.34. The molecule has 5 nitrogen and oxygen atoms in total. The number of nitrogens with one attached hydrogen (secondary N) is 1. The van der Waals surface area contributed by atoms with Crippen LogP contribution in [-0.2, 0) is 10.0 Å². The molecule has 0 radical (unpaired) electrons. The fraction of sp³-hybridized carbons (Fsp3) is 0.364.